The number of hydrogen-bond acceptors (Lipinski definition) is 3. The lowest BCUT2D eigenvalue weighted by atomic mass is 10.1. The average molecular weight is 340 g/mol. The Kier molecular flexibility index (Phi) is 2.62. The van der Waals surface area contributed by atoms with E-state index >= 15 is 0 Å². The Morgan fingerprint density at radius 2 is 2.29 bits per heavy atom. The van der Waals surface area contributed by atoms with Gasteiger partial charge in [0.25, 0.3) is 5.56 Å². The van der Waals surface area contributed by atoms with Crippen molar-refractivity contribution in [3.8, 4) is 17.1 Å². The van der Waals surface area contributed by atoms with Crippen molar-refractivity contribution in [2.24, 2.45) is 0 Å². The highest BCUT2D eigenvalue weighted by molar-refractivity contribution is 14.1. The van der Waals surface area contributed by atoms with E-state index in [1.54, 1.807) is 6.20 Å². The van der Waals surface area contributed by atoms with Crippen LogP contribution in [0.5, 0.6) is 5.75 Å². The normalized spacial score (nSPS) is 13.2. The Bertz CT molecular complexity index is 637. The number of benzene rings is 1. The largest absolute Gasteiger partial charge is 0.493 e. The molecular weight excluding hydrogens is 331 g/mol. The molecule has 0 fully saturated rings. The standard InChI is InChI=1S/C12H9IN2O2/c13-9-6-14-11(15-12(9)16)8-1-2-10-7(5-8)3-4-17-10/h1-2,5-6H,3-4H2,(H,14,15,16). The number of ether oxygens (including phenoxy) is 1. The number of hydrogen-bond donors (Lipinski definition) is 1. The number of rotatable bonds is 1. The van der Waals surface area contributed by atoms with Gasteiger partial charge in [-0.15, -0.1) is 0 Å². The first-order valence-corrected chi connectivity index (χ1v) is 6.33. The molecule has 17 heavy (non-hydrogen) atoms. The molecule has 1 aromatic carbocycles. The van der Waals surface area contributed by atoms with Crippen LogP contribution in [0.15, 0.2) is 29.2 Å². The highest BCUT2D eigenvalue weighted by atomic mass is 127. The third-order valence-corrected chi connectivity index (χ3v) is 3.49. The van der Waals surface area contributed by atoms with E-state index in [0.29, 0.717) is 9.39 Å². The van der Waals surface area contributed by atoms with E-state index in [2.05, 4.69) is 9.97 Å². The number of aromatic amines is 1. The van der Waals surface area contributed by atoms with Gasteiger partial charge in [-0.2, -0.15) is 0 Å². The van der Waals surface area contributed by atoms with Crippen LogP contribution >= 0.6 is 22.6 Å². The summed E-state index contributed by atoms with van der Waals surface area (Å²) in [5, 5.41) is 0. The molecule has 0 saturated heterocycles. The molecule has 2 aromatic rings. The zero-order valence-electron chi connectivity index (χ0n) is 8.87. The lowest BCUT2D eigenvalue weighted by molar-refractivity contribution is 0.357. The number of nitrogens with zero attached hydrogens (tertiary/aromatic N) is 1. The Balaban J connectivity index is 2.09. The van der Waals surface area contributed by atoms with Crippen molar-refractivity contribution < 1.29 is 4.74 Å². The maximum atomic E-state index is 11.5. The zero-order chi connectivity index (χ0) is 11.8. The van der Waals surface area contributed by atoms with Crippen molar-refractivity contribution in [3.63, 3.8) is 0 Å². The number of H-pyrrole nitrogens is 1. The summed E-state index contributed by atoms with van der Waals surface area (Å²) in [4.78, 5) is 18.5. The van der Waals surface area contributed by atoms with Crippen LogP contribution in [-0.2, 0) is 6.42 Å². The van der Waals surface area contributed by atoms with Crippen LogP contribution in [0.1, 0.15) is 5.56 Å². The van der Waals surface area contributed by atoms with Crippen LogP contribution in [0.3, 0.4) is 0 Å². The molecule has 0 aliphatic carbocycles. The van der Waals surface area contributed by atoms with Crippen LogP contribution < -0.4 is 10.3 Å². The van der Waals surface area contributed by atoms with Crippen LogP contribution in [0.4, 0.5) is 0 Å². The van der Waals surface area contributed by atoms with Gasteiger partial charge in [-0.3, -0.25) is 4.79 Å². The van der Waals surface area contributed by atoms with Crippen LogP contribution in [0.2, 0.25) is 0 Å². The number of halogens is 1. The van der Waals surface area contributed by atoms with Crippen molar-refractivity contribution in [1.29, 1.82) is 0 Å². The Labute approximate surface area is 111 Å². The maximum Gasteiger partial charge on any atom is 0.264 e. The molecule has 4 nitrogen and oxygen atoms in total. The average Bonchev–Trinajstić information content (AvgIpc) is 2.79. The molecule has 0 bridgehead atoms. The van der Waals surface area contributed by atoms with Crippen molar-refractivity contribution in [1.82, 2.24) is 9.97 Å². The van der Waals surface area contributed by atoms with E-state index in [9.17, 15) is 4.79 Å². The third-order valence-electron chi connectivity index (χ3n) is 2.72. The highest BCUT2D eigenvalue weighted by Crippen LogP contribution is 2.28. The summed E-state index contributed by atoms with van der Waals surface area (Å²) in [5.74, 6) is 1.53. The second-order valence-corrected chi connectivity index (χ2v) is 4.99. The fourth-order valence-corrected chi connectivity index (χ4v) is 2.13. The van der Waals surface area contributed by atoms with Gasteiger partial charge in [0.2, 0.25) is 0 Å². The van der Waals surface area contributed by atoms with Crippen molar-refractivity contribution in [2.45, 2.75) is 6.42 Å². The minimum Gasteiger partial charge on any atom is -0.493 e. The van der Waals surface area contributed by atoms with Gasteiger partial charge in [0.1, 0.15) is 11.6 Å². The molecule has 1 aliphatic heterocycles. The molecule has 2 heterocycles. The van der Waals surface area contributed by atoms with Gasteiger partial charge < -0.3 is 9.72 Å². The molecule has 1 aromatic heterocycles. The Morgan fingerprint density at radius 3 is 3.12 bits per heavy atom. The SMILES string of the molecule is O=c1[nH]c(-c2ccc3c(c2)CCO3)ncc1I. The fourth-order valence-electron chi connectivity index (χ4n) is 1.86. The number of fused-ring (bicyclic) bond motifs is 1. The van der Waals surface area contributed by atoms with Crippen LogP contribution in [-0.4, -0.2) is 16.6 Å². The fraction of sp³-hybridized carbons (Fsp3) is 0.167. The first kappa shape index (κ1) is 10.8. The van der Waals surface area contributed by atoms with E-state index in [0.717, 1.165) is 24.3 Å². The first-order chi connectivity index (χ1) is 8.24. The minimum atomic E-state index is -0.104. The van der Waals surface area contributed by atoms with Gasteiger partial charge in [0.05, 0.1) is 10.2 Å². The lowest BCUT2D eigenvalue weighted by Gasteiger charge is -2.03. The van der Waals surface area contributed by atoms with Crippen molar-refractivity contribution >= 4 is 22.6 Å². The van der Waals surface area contributed by atoms with Gasteiger partial charge in [-0.25, -0.2) is 4.98 Å². The van der Waals surface area contributed by atoms with Crippen LogP contribution in [0.25, 0.3) is 11.4 Å². The maximum absolute atomic E-state index is 11.5. The number of aromatic nitrogens is 2. The van der Waals surface area contributed by atoms with E-state index < -0.39 is 0 Å². The zero-order valence-corrected chi connectivity index (χ0v) is 11.0. The first-order valence-electron chi connectivity index (χ1n) is 5.25. The number of nitrogens with one attached hydrogen (secondary N) is 1. The Hall–Kier alpha value is -1.37. The molecule has 0 saturated carbocycles. The molecular formula is C12H9IN2O2. The summed E-state index contributed by atoms with van der Waals surface area (Å²) in [6.45, 7) is 0.732. The molecule has 86 valence electrons. The van der Waals surface area contributed by atoms with Gasteiger partial charge in [-0.1, -0.05) is 0 Å². The molecule has 0 unspecified atom stereocenters. The molecule has 5 heteroatoms. The van der Waals surface area contributed by atoms with Gasteiger partial charge in [0.15, 0.2) is 0 Å². The summed E-state index contributed by atoms with van der Waals surface area (Å²) in [6.07, 6.45) is 2.50. The molecule has 0 radical (unpaired) electrons. The minimum absolute atomic E-state index is 0.104. The predicted octanol–water partition coefficient (Wildman–Crippen LogP) is 1.98. The smallest absolute Gasteiger partial charge is 0.264 e. The summed E-state index contributed by atoms with van der Waals surface area (Å²) in [5.41, 5.74) is 1.98. The van der Waals surface area contributed by atoms with E-state index in [4.69, 9.17) is 4.74 Å². The molecule has 1 N–H and O–H groups in total. The summed E-state index contributed by atoms with van der Waals surface area (Å²) < 4.78 is 6.03. The monoisotopic (exact) mass is 340 g/mol. The van der Waals surface area contributed by atoms with E-state index in [-0.39, 0.29) is 5.56 Å². The highest BCUT2D eigenvalue weighted by Gasteiger charge is 2.13. The second kappa shape index (κ2) is 4.14. The topological polar surface area (TPSA) is 55.0 Å². The van der Waals surface area contributed by atoms with Gasteiger partial charge in [-0.05, 0) is 46.4 Å². The summed E-state index contributed by atoms with van der Waals surface area (Å²) >= 11 is 1.96. The van der Waals surface area contributed by atoms with E-state index in [1.807, 2.05) is 40.8 Å². The molecule has 1 aliphatic rings. The van der Waals surface area contributed by atoms with Gasteiger partial charge in [0, 0.05) is 18.2 Å². The quantitative estimate of drug-likeness (QED) is 0.808. The van der Waals surface area contributed by atoms with Gasteiger partial charge >= 0.3 is 0 Å². The lowest BCUT2D eigenvalue weighted by Crippen LogP contribution is -2.11. The molecule has 0 atom stereocenters. The predicted molar refractivity (Wildman–Crippen MR) is 72.2 cm³/mol. The molecule has 3 rings (SSSR count). The summed E-state index contributed by atoms with van der Waals surface area (Å²) in [7, 11) is 0. The van der Waals surface area contributed by atoms with Crippen molar-refractivity contribution in [3.05, 3.63) is 43.9 Å². The molecule has 0 spiro atoms. The summed E-state index contributed by atoms with van der Waals surface area (Å²) in [6, 6.07) is 5.86. The second-order valence-electron chi connectivity index (χ2n) is 3.83. The van der Waals surface area contributed by atoms with Crippen LogP contribution in [0, 0.1) is 3.57 Å². The van der Waals surface area contributed by atoms with E-state index in [1.165, 1.54) is 5.56 Å². The third kappa shape index (κ3) is 1.95. The van der Waals surface area contributed by atoms with Crippen molar-refractivity contribution in [2.75, 3.05) is 6.61 Å². The molecule has 0 amide bonds. The Morgan fingerprint density at radius 1 is 1.41 bits per heavy atom.